The Kier molecular flexibility index (Phi) is 2.85. The van der Waals surface area contributed by atoms with Crippen LogP contribution < -0.4 is 11.1 Å². The van der Waals surface area contributed by atoms with Gasteiger partial charge in [-0.05, 0) is 30.4 Å². The zero-order chi connectivity index (χ0) is 9.97. The number of hydrogen-bond donors (Lipinski definition) is 2. The highest BCUT2D eigenvalue weighted by molar-refractivity contribution is 5.34. The van der Waals surface area contributed by atoms with E-state index in [0.29, 0.717) is 6.04 Å². The largest absolute Gasteiger partial charge is 0.316 e. The normalized spacial score (nSPS) is 22.0. The molecule has 2 rings (SSSR count). The summed E-state index contributed by atoms with van der Waals surface area (Å²) >= 11 is 0. The van der Waals surface area contributed by atoms with Gasteiger partial charge >= 0.3 is 0 Å². The molecule has 0 heterocycles. The molecule has 0 aromatic heterocycles. The summed E-state index contributed by atoms with van der Waals surface area (Å²) in [5.74, 6) is 0. The Bertz CT molecular complexity index is 309. The van der Waals surface area contributed by atoms with Crippen LogP contribution in [0.25, 0.3) is 0 Å². The van der Waals surface area contributed by atoms with E-state index >= 15 is 0 Å². The Labute approximate surface area is 85.5 Å². The van der Waals surface area contributed by atoms with Gasteiger partial charge in [-0.25, -0.2) is 0 Å². The maximum Gasteiger partial charge on any atom is 0.0548 e. The van der Waals surface area contributed by atoms with Gasteiger partial charge in [0.15, 0.2) is 0 Å². The van der Waals surface area contributed by atoms with E-state index in [-0.39, 0.29) is 6.17 Å². The van der Waals surface area contributed by atoms with Crippen molar-refractivity contribution in [1.82, 2.24) is 5.32 Å². The Hall–Kier alpha value is -0.860. The van der Waals surface area contributed by atoms with E-state index in [9.17, 15) is 0 Å². The van der Waals surface area contributed by atoms with Crippen LogP contribution in [-0.2, 0) is 6.42 Å². The van der Waals surface area contributed by atoms with E-state index in [1.807, 2.05) is 0 Å². The topological polar surface area (TPSA) is 38.0 Å². The van der Waals surface area contributed by atoms with Gasteiger partial charge < -0.3 is 5.73 Å². The predicted molar refractivity (Wildman–Crippen MR) is 58.9 cm³/mol. The molecule has 2 unspecified atom stereocenters. The second-order valence-corrected chi connectivity index (χ2v) is 3.97. The van der Waals surface area contributed by atoms with Crippen molar-refractivity contribution in [2.24, 2.45) is 5.73 Å². The van der Waals surface area contributed by atoms with Crippen molar-refractivity contribution in [2.75, 3.05) is 0 Å². The van der Waals surface area contributed by atoms with Crippen molar-refractivity contribution >= 4 is 0 Å². The molecule has 0 bridgehead atoms. The van der Waals surface area contributed by atoms with E-state index in [0.717, 1.165) is 6.42 Å². The van der Waals surface area contributed by atoms with Gasteiger partial charge in [0.25, 0.3) is 0 Å². The Balaban J connectivity index is 2.10. The minimum atomic E-state index is 0.131. The number of nitrogens with two attached hydrogens (primary N) is 1. The maximum atomic E-state index is 5.90. The molecule has 0 spiro atoms. The quantitative estimate of drug-likeness (QED) is 0.715. The number of nitrogens with one attached hydrogen (secondary N) is 1. The molecule has 2 atom stereocenters. The first-order valence-corrected chi connectivity index (χ1v) is 5.40. The third-order valence-corrected chi connectivity index (χ3v) is 2.99. The van der Waals surface area contributed by atoms with E-state index < -0.39 is 0 Å². The highest BCUT2D eigenvalue weighted by atomic mass is 15.0. The van der Waals surface area contributed by atoms with Crippen LogP contribution in [0, 0.1) is 0 Å². The average Bonchev–Trinajstić information content (AvgIpc) is 2.62. The fourth-order valence-corrected chi connectivity index (χ4v) is 2.11. The SMILES string of the molecule is CCC(N)NC1CCc2ccccc21. The fourth-order valence-electron chi connectivity index (χ4n) is 2.11. The van der Waals surface area contributed by atoms with Gasteiger partial charge in [-0.2, -0.15) is 0 Å². The molecule has 0 saturated carbocycles. The molecule has 3 N–H and O–H groups in total. The van der Waals surface area contributed by atoms with Crippen LogP contribution in [0.15, 0.2) is 24.3 Å². The van der Waals surface area contributed by atoms with Gasteiger partial charge in [-0.1, -0.05) is 31.2 Å². The van der Waals surface area contributed by atoms with Crippen molar-refractivity contribution < 1.29 is 0 Å². The van der Waals surface area contributed by atoms with Crippen LogP contribution in [0.3, 0.4) is 0 Å². The number of hydrogen-bond acceptors (Lipinski definition) is 2. The van der Waals surface area contributed by atoms with Gasteiger partial charge in [0.1, 0.15) is 0 Å². The van der Waals surface area contributed by atoms with E-state index in [4.69, 9.17) is 5.73 Å². The molecule has 0 fully saturated rings. The zero-order valence-corrected chi connectivity index (χ0v) is 8.66. The molecular weight excluding hydrogens is 172 g/mol. The Morgan fingerprint density at radius 1 is 1.50 bits per heavy atom. The molecule has 0 saturated heterocycles. The van der Waals surface area contributed by atoms with Gasteiger partial charge in [0.2, 0.25) is 0 Å². The molecule has 1 aromatic rings. The van der Waals surface area contributed by atoms with Crippen molar-refractivity contribution in [3.05, 3.63) is 35.4 Å². The molecule has 0 amide bonds. The molecule has 1 aromatic carbocycles. The first-order chi connectivity index (χ1) is 6.81. The standard InChI is InChI=1S/C12H18N2/c1-2-12(13)14-11-8-7-9-5-3-4-6-10(9)11/h3-6,11-12,14H,2,7-8,13H2,1H3. The van der Waals surface area contributed by atoms with Crippen LogP contribution >= 0.6 is 0 Å². The summed E-state index contributed by atoms with van der Waals surface area (Å²) in [4.78, 5) is 0. The minimum absolute atomic E-state index is 0.131. The van der Waals surface area contributed by atoms with Crippen LogP contribution in [-0.4, -0.2) is 6.17 Å². The van der Waals surface area contributed by atoms with Gasteiger partial charge in [-0.3, -0.25) is 5.32 Å². The Morgan fingerprint density at radius 2 is 2.29 bits per heavy atom. The third kappa shape index (κ3) is 1.81. The van der Waals surface area contributed by atoms with Crippen LogP contribution in [0.2, 0.25) is 0 Å². The lowest BCUT2D eigenvalue weighted by Gasteiger charge is -2.18. The number of aryl methyl sites for hydroxylation is 1. The molecule has 2 heteroatoms. The van der Waals surface area contributed by atoms with Gasteiger partial charge in [0.05, 0.1) is 6.17 Å². The average molecular weight is 190 g/mol. The van der Waals surface area contributed by atoms with Gasteiger partial charge in [0, 0.05) is 6.04 Å². The van der Waals surface area contributed by atoms with E-state index in [2.05, 4.69) is 36.5 Å². The molecule has 1 aliphatic rings. The smallest absolute Gasteiger partial charge is 0.0548 e. The molecule has 14 heavy (non-hydrogen) atoms. The summed E-state index contributed by atoms with van der Waals surface area (Å²) < 4.78 is 0. The predicted octanol–water partition coefficient (Wildman–Crippen LogP) is 1.96. The molecule has 1 aliphatic carbocycles. The summed E-state index contributed by atoms with van der Waals surface area (Å²) in [6, 6.07) is 9.12. The van der Waals surface area contributed by atoms with Crippen LogP contribution in [0.4, 0.5) is 0 Å². The first kappa shape index (κ1) is 9.69. The van der Waals surface area contributed by atoms with Crippen molar-refractivity contribution in [2.45, 2.75) is 38.4 Å². The van der Waals surface area contributed by atoms with Crippen LogP contribution in [0.5, 0.6) is 0 Å². The second kappa shape index (κ2) is 4.11. The zero-order valence-electron chi connectivity index (χ0n) is 8.66. The first-order valence-electron chi connectivity index (χ1n) is 5.40. The lowest BCUT2D eigenvalue weighted by Crippen LogP contribution is -2.38. The molecular formula is C12H18N2. The maximum absolute atomic E-state index is 5.90. The lowest BCUT2D eigenvalue weighted by molar-refractivity contribution is 0.431. The fraction of sp³-hybridized carbons (Fsp3) is 0.500. The molecule has 2 nitrogen and oxygen atoms in total. The molecule has 0 radical (unpaired) electrons. The monoisotopic (exact) mass is 190 g/mol. The Morgan fingerprint density at radius 3 is 3.07 bits per heavy atom. The summed E-state index contributed by atoms with van der Waals surface area (Å²) in [6.45, 7) is 2.11. The summed E-state index contributed by atoms with van der Waals surface area (Å²) in [5, 5.41) is 3.46. The van der Waals surface area contributed by atoms with Crippen LogP contribution in [0.1, 0.15) is 36.9 Å². The molecule has 0 aliphatic heterocycles. The second-order valence-electron chi connectivity index (χ2n) is 3.97. The highest BCUT2D eigenvalue weighted by Gasteiger charge is 2.22. The van der Waals surface area contributed by atoms with Crippen molar-refractivity contribution in [3.8, 4) is 0 Å². The lowest BCUT2D eigenvalue weighted by atomic mass is 10.1. The summed E-state index contributed by atoms with van der Waals surface area (Å²) in [5.41, 5.74) is 8.82. The summed E-state index contributed by atoms with van der Waals surface area (Å²) in [7, 11) is 0. The number of rotatable bonds is 3. The molecule has 76 valence electrons. The third-order valence-electron chi connectivity index (χ3n) is 2.99. The van der Waals surface area contributed by atoms with E-state index in [1.54, 1.807) is 0 Å². The van der Waals surface area contributed by atoms with Crippen molar-refractivity contribution in [3.63, 3.8) is 0 Å². The minimum Gasteiger partial charge on any atom is -0.316 e. The number of fused-ring (bicyclic) bond motifs is 1. The van der Waals surface area contributed by atoms with E-state index in [1.165, 1.54) is 24.0 Å². The van der Waals surface area contributed by atoms with Crippen molar-refractivity contribution in [1.29, 1.82) is 0 Å². The highest BCUT2D eigenvalue weighted by Crippen LogP contribution is 2.30. The number of benzene rings is 1. The summed E-state index contributed by atoms with van der Waals surface area (Å²) in [6.07, 6.45) is 3.49. The van der Waals surface area contributed by atoms with Gasteiger partial charge in [-0.15, -0.1) is 0 Å².